The van der Waals surface area contributed by atoms with Gasteiger partial charge >= 0.3 is 0 Å². The maximum absolute atomic E-state index is 13.3. The molecule has 0 fully saturated rings. The van der Waals surface area contributed by atoms with E-state index in [0.29, 0.717) is 30.5 Å². The average Bonchev–Trinajstić information content (AvgIpc) is 2.68. The van der Waals surface area contributed by atoms with Gasteiger partial charge in [0.2, 0.25) is 11.8 Å². The van der Waals surface area contributed by atoms with E-state index in [0.717, 1.165) is 16.7 Å². The van der Waals surface area contributed by atoms with Crippen molar-refractivity contribution < 1.29 is 9.59 Å². The van der Waals surface area contributed by atoms with Gasteiger partial charge in [-0.15, -0.1) is 0 Å². The Bertz CT molecular complexity index is 835. The number of carbonyl (C=O) groups is 2. The van der Waals surface area contributed by atoms with Crippen LogP contribution in [0.15, 0.2) is 48.5 Å². The molecule has 0 bridgehead atoms. The van der Waals surface area contributed by atoms with Gasteiger partial charge in [-0.25, -0.2) is 0 Å². The first-order chi connectivity index (χ1) is 13.8. The van der Waals surface area contributed by atoms with Crippen molar-refractivity contribution in [3.8, 4) is 0 Å². The summed E-state index contributed by atoms with van der Waals surface area (Å²) in [6.07, 6.45) is 0.712. The van der Waals surface area contributed by atoms with Crippen LogP contribution in [0.4, 0.5) is 0 Å². The molecule has 1 N–H and O–H groups in total. The Kier molecular flexibility index (Phi) is 8.71. The second kappa shape index (κ2) is 11.0. The van der Waals surface area contributed by atoms with Crippen molar-refractivity contribution in [2.45, 2.75) is 53.1 Å². The van der Waals surface area contributed by atoms with Crippen LogP contribution < -0.4 is 5.32 Å². The van der Waals surface area contributed by atoms with Crippen LogP contribution in [0, 0.1) is 12.8 Å². The minimum Gasteiger partial charge on any atom is -0.354 e. The van der Waals surface area contributed by atoms with Crippen molar-refractivity contribution in [1.82, 2.24) is 10.2 Å². The Morgan fingerprint density at radius 2 is 1.83 bits per heavy atom. The zero-order valence-electron chi connectivity index (χ0n) is 17.7. The molecule has 2 aromatic carbocycles. The molecule has 0 heterocycles. The molecule has 0 saturated heterocycles. The average molecular weight is 415 g/mol. The molecule has 0 radical (unpaired) electrons. The summed E-state index contributed by atoms with van der Waals surface area (Å²) in [6, 6.07) is 14.8. The summed E-state index contributed by atoms with van der Waals surface area (Å²) < 4.78 is 0. The van der Waals surface area contributed by atoms with E-state index in [2.05, 4.69) is 11.4 Å². The van der Waals surface area contributed by atoms with E-state index in [1.54, 1.807) is 11.0 Å². The van der Waals surface area contributed by atoms with Crippen molar-refractivity contribution in [3.05, 3.63) is 70.2 Å². The molecule has 0 aromatic heterocycles. The fourth-order valence-electron chi connectivity index (χ4n) is 3.26. The van der Waals surface area contributed by atoms with Gasteiger partial charge in [0.05, 0.1) is 6.42 Å². The fourth-order valence-corrected chi connectivity index (χ4v) is 3.46. The van der Waals surface area contributed by atoms with Crippen molar-refractivity contribution in [1.29, 1.82) is 0 Å². The number of benzene rings is 2. The standard InChI is InChI=1S/C24H31ClN2O2/c1-5-22(24(29)26-15-17(2)3)27(16-19-10-8-9-18(4)13-19)23(28)14-20-11-6-7-12-21(20)25/h6-13,17,22H,5,14-16H2,1-4H3,(H,26,29)/t22-/m1/s1. The quantitative estimate of drug-likeness (QED) is 0.642. The molecule has 2 amide bonds. The second-order valence-corrected chi connectivity index (χ2v) is 8.25. The van der Waals surface area contributed by atoms with Crippen LogP contribution in [0.3, 0.4) is 0 Å². The molecule has 0 aliphatic rings. The SMILES string of the molecule is CC[C@H](C(=O)NCC(C)C)N(Cc1cccc(C)c1)C(=O)Cc1ccccc1Cl. The third kappa shape index (κ3) is 6.90. The number of nitrogens with zero attached hydrogens (tertiary/aromatic N) is 1. The lowest BCUT2D eigenvalue weighted by molar-refractivity contribution is -0.141. The molecular weight excluding hydrogens is 384 g/mol. The van der Waals surface area contributed by atoms with Gasteiger partial charge < -0.3 is 10.2 Å². The summed E-state index contributed by atoms with van der Waals surface area (Å²) in [5, 5.41) is 3.55. The molecule has 0 aliphatic heterocycles. The Morgan fingerprint density at radius 3 is 2.45 bits per heavy atom. The van der Waals surface area contributed by atoms with Gasteiger partial charge in [-0.3, -0.25) is 9.59 Å². The van der Waals surface area contributed by atoms with Gasteiger partial charge in [-0.2, -0.15) is 0 Å². The Balaban J connectivity index is 2.29. The lowest BCUT2D eigenvalue weighted by atomic mass is 10.1. The monoisotopic (exact) mass is 414 g/mol. The molecule has 2 rings (SSSR count). The minimum atomic E-state index is -0.524. The lowest BCUT2D eigenvalue weighted by Crippen LogP contribution is -2.50. The summed E-state index contributed by atoms with van der Waals surface area (Å²) in [5.74, 6) is 0.132. The molecule has 0 aliphatic carbocycles. The summed E-state index contributed by atoms with van der Waals surface area (Å²) >= 11 is 6.26. The Morgan fingerprint density at radius 1 is 1.10 bits per heavy atom. The first kappa shape index (κ1) is 23.0. The van der Waals surface area contributed by atoms with Crippen LogP contribution in [0.1, 0.15) is 43.9 Å². The van der Waals surface area contributed by atoms with Crippen molar-refractivity contribution in [2.24, 2.45) is 5.92 Å². The predicted molar refractivity (Wildman–Crippen MR) is 119 cm³/mol. The van der Waals surface area contributed by atoms with Crippen LogP contribution >= 0.6 is 11.6 Å². The van der Waals surface area contributed by atoms with Crippen LogP contribution in [0.25, 0.3) is 0 Å². The maximum atomic E-state index is 13.3. The van der Waals surface area contributed by atoms with Crippen molar-refractivity contribution >= 4 is 23.4 Å². The number of carbonyl (C=O) groups excluding carboxylic acids is 2. The van der Waals surface area contributed by atoms with Gasteiger partial charge in [0.1, 0.15) is 6.04 Å². The Hall–Kier alpha value is -2.33. The molecule has 0 saturated carbocycles. The van der Waals surface area contributed by atoms with E-state index >= 15 is 0 Å². The van der Waals surface area contributed by atoms with Crippen molar-refractivity contribution in [2.75, 3.05) is 6.54 Å². The van der Waals surface area contributed by atoms with Gasteiger partial charge in [0, 0.05) is 18.1 Å². The number of aryl methyl sites for hydroxylation is 1. The molecule has 1 atom stereocenters. The van der Waals surface area contributed by atoms with E-state index in [1.807, 2.05) is 64.1 Å². The molecular formula is C24H31ClN2O2. The largest absolute Gasteiger partial charge is 0.354 e. The number of hydrogen-bond acceptors (Lipinski definition) is 2. The Labute approximate surface area is 179 Å². The lowest BCUT2D eigenvalue weighted by Gasteiger charge is -2.31. The van der Waals surface area contributed by atoms with Crippen LogP contribution in [0.5, 0.6) is 0 Å². The highest BCUT2D eigenvalue weighted by molar-refractivity contribution is 6.31. The molecule has 156 valence electrons. The second-order valence-electron chi connectivity index (χ2n) is 7.84. The topological polar surface area (TPSA) is 49.4 Å². The molecule has 4 nitrogen and oxygen atoms in total. The summed E-state index contributed by atoms with van der Waals surface area (Å²) in [6.45, 7) is 9.03. The summed E-state index contributed by atoms with van der Waals surface area (Å²) in [4.78, 5) is 27.8. The zero-order chi connectivity index (χ0) is 21.4. The van der Waals surface area contributed by atoms with E-state index in [1.165, 1.54) is 0 Å². The normalized spacial score (nSPS) is 11.9. The smallest absolute Gasteiger partial charge is 0.242 e. The number of nitrogens with one attached hydrogen (secondary N) is 1. The molecule has 2 aromatic rings. The van der Waals surface area contributed by atoms with E-state index in [9.17, 15) is 9.59 Å². The molecule has 0 spiro atoms. The highest BCUT2D eigenvalue weighted by Crippen LogP contribution is 2.19. The summed E-state index contributed by atoms with van der Waals surface area (Å²) in [7, 11) is 0. The van der Waals surface area contributed by atoms with Crippen LogP contribution in [-0.2, 0) is 22.6 Å². The zero-order valence-corrected chi connectivity index (χ0v) is 18.5. The first-order valence-corrected chi connectivity index (χ1v) is 10.6. The fraction of sp³-hybridized carbons (Fsp3) is 0.417. The molecule has 0 unspecified atom stereocenters. The van der Waals surface area contributed by atoms with E-state index in [-0.39, 0.29) is 18.2 Å². The predicted octanol–water partition coefficient (Wildman–Crippen LogP) is 4.77. The highest BCUT2D eigenvalue weighted by Gasteiger charge is 2.29. The van der Waals surface area contributed by atoms with Gasteiger partial charge in [-0.05, 0) is 36.5 Å². The molecule has 5 heteroatoms. The van der Waals surface area contributed by atoms with Crippen molar-refractivity contribution in [3.63, 3.8) is 0 Å². The minimum absolute atomic E-state index is 0.105. The van der Waals surface area contributed by atoms with E-state index < -0.39 is 6.04 Å². The summed E-state index contributed by atoms with van der Waals surface area (Å²) in [5.41, 5.74) is 2.90. The first-order valence-electron chi connectivity index (χ1n) is 10.2. The maximum Gasteiger partial charge on any atom is 0.242 e. The van der Waals surface area contributed by atoms with Gasteiger partial charge in [0.15, 0.2) is 0 Å². The number of amides is 2. The number of halogens is 1. The number of rotatable bonds is 9. The highest BCUT2D eigenvalue weighted by atomic mass is 35.5. The van der Waals surface area contributed by atoms with E-state index in [4.69, 9.17) is 11.6 Å². The number of hydrogen-bond donors (Lipinski definition) is 1. The van der Waals surface area contributed by atoms with Crippen LogP contribution in [-0.4, -0.2) is 29.3 Å². The van der Waals surface area contributed by atoms with Gasteiger partial charge in [0.25, 0.3) is 0 Å². The van der Waals surface area contributed by atoms with Gasteiger partial charge in [-0.1, -0.05) is 80.4 Å². The third-order valence-corrected chi connectivity index (χ3v) is 5.17. The molecule has 29 heavy (non-hydrogen) atoms. The van der Waals surface area contributed by atoms with Crippen LogP contribution in [0.2, 0.25) is 5.02 Å². The third-order valence-electron chi connectivity index (χ3n) is 4.81.